The summed E-state index contributed by atoms with van der Waals surface area (Å²) in [4.78, 5) is 14.9. The summed E-state index contributed by atoms with van der Waals surface area (Å²) in [6, 6.07) is 6.88. The topological polar surface area (TPSA) is 85.5 Å². The number of nitrogens with one attached hydrogen (secondary N) is 1. The summed E-state index contributed by atoms with van der Waals surface area (Å²) >= 11 is 0. The number of halogens is 2. The highest BCUT2D eigenvalue weighted by Gasteiger charge is 2.21. The second kappa shape index (κ2) is 8.65. The van der Waals surface area contributed by atoms with Crippen LogP contribution < -0.4 is 4.74 Å². The number of rotatable bonds is 3. The van der Waals surface area contributed by atoms with E-state index in [-0.39, 0.29) is 29.4 Å². The minimum absolute atomic E-state index is 0. The van der Waals surface area contributed by atoms with Crippen molar-refractivity contribution < 1.29 is 14.6 Å². The van der Waals surface area contributed by atoms with E-state index >= 15 is 0 Å². The highest BCUT2D eigenvalue weighted by atomic mass is 35.5. The number of aromatic nitrogens is 3. The van der Waals surface area contributed by atoms with Gasteiger partial charge in [-0.1, -0.05) is 0 Å². The molecule has 0 amide bonds. The molecule has 6 nitrogen and oxygen atoms in total. The van der Waals surface area contributed by atoms with Crippen molar-refractivity contribution in [1.29, 1.82) is 0 Å². The van der Waals surface area contributed by atoms with Gasteiger partial charge in [0.1, 0.15) is 5.82 Å². The number of hydrogen-bond donors (Lipinski definition) is 1. The molecule has 4 rings (SSSR count). The average Bonchev–Trinajstić information content (AvgIpc) is 3.05. The van der Waals surface area contributed by atoms with Gasteiger partial charge >= 0.3 is 0 Å². The molecule has 0 unspecified atom stereocenters. The van der Waals surface area contributed by atoms with E-state index in [0.717, 1.165) is 54.0 Å². The molecule has 1 fully saturated rings. The van der Waals surface area contributed by atoms with E-state index in [0.29, 0.717) is 5.92 Å². The van der Waals surface area contributed by atoms with Crippen molar-refractivity contribution in [3.8, 4) is 17.0 Å². The van der Waals surface area contributed by atoms with Crippen molar-refractivity contribution in [2.75, 3.05) is 27.2 Å². The normalized spacial score (nSPS) is 15.2. The molecule has 0 bridgehead atoms. The smallest absolute Gasteiger partial charge is 0.165 e. The Labute approximate surface area is 163 Å². The maximum atomic E-state index is 14.0. The summed E-state index contributed by atoms with van der Waals surface area (Å²) in [7, 11) is 3.61. The van der Waals surface area contributed by atoms with Gasteiger partial charge in [-0.15, -0.1) is 12.4 Å². The summed E-state index contributed by atoms with van der Waals surface area (Å²) < 4.78 is 18.9. The SMILES string of the molecule is COc1ccc(-c2cc3nc(C4CCN(C)CC4)ncc3[nH]2)cc1F.Cl.O. The van der Waals surface area contributed by atoms with E-state index in [2.05, 4.69) is 21.9 Å². The molecular formula is C19H24ClFN4O2. The lowest BCUT2D eigenvalue weighted by atomic mass is 9.96. The van der Waals surface area contributed by atoms with Gasteiger partial charge in [0.2, 0.25) is 0 Å². The lowest BCUT2D eigenvalue weighted by Gasteiger charge is -2.27. The number of hydrogen-bond acceptors (Lipinski definition) is 4. The number of nitrogens with zero attached hydrogens (tertiary/aromatic N) is 3. The molecule has 27 heavy (non-hydrogen) atoms. The van der Waals surface area contributed by atoms with Crippen LogP contribution in [0.25, 0.3) is 22.3 Å². The Morgan fingerprint density at radius 2 is 1.96 bits per heavy atom. The standard InChI is InChI=1S/C19H21FN4O.ClH.H2O/c1-24-7-5-12(6-8-24)19-21-11-17-16(23-19)10-15(22-17)13-3-4-18(25-2)14(20)9-13;;/h3-4,9-12,22H,5-8H2,1-2H3;1H;1H2. The minimum atomic E-state index is -0.378. The van der Waals surface area contributed by atoms with Crippen molar-refractivity contribution in [3.05, 3.63) is 42.1 Å². The fourth-order valence-electron chi connectivity index (χ4n) is 3.39. The molecule has 1 saturated heterocycles. The molecule has 3 heterocycles. The molecule has 1 aromatic carbocycles. The number of likely N-dealkylation sites (tertiary alicyclic amines) is 1. The molecule has 0 saturated carbocycles. The van der Waals surface area contributed by atoms with E-state index < -0.39 is 0 Å². The summed E-state index contributed by atoms with van der Waals surface area (Å²) in [6.45, 7) is 2.16. The van der Waals surface area contributed by atoms with Crippen LogP contribution in [0.5, 0.6) is 5.75 Å². The molecule has 1 aliphatic rings. The first-order valence-corrected chi connectivity index (χ1v) is 8.52. The molecule has 0 spiro atoms. The second-order valence-electron chi connectivity index (χ2n) is 6.64. The van der Waals surface area contributed by atoms with E-state index in [1.165, 1.54) is 13.2 Å². The molecular weight excluding hydrogens is 371 g/mol. The first-order valence-electron chi connectivity index (χ1n) is 8.52. The third-order valence-corrected chi connectivity index (χ3v) is 4.93. The molecule has 1 aliphatic heterocycles. The lowest BCUT2D eigenvalue weighted by Crippen LogP contribution is -2.29. The first kappa shape index (κ1) is 21.1. The van der Waals surface area contributed by atoms with Gasteiger partial charge in [-0.3, -0.25) is 0 Å². The van der Waals surface area contributed by atoms with E-state index in [9.17, 15) is 4.39 Å². The number of fused-ring (bicyclic) bond motifs is 1. The Bertz CT molecular complexity index is 910. The van der Waals surface area contributed by atoms with Crippen molar-refractivity contribution >= 4 is 23.4 Å². The molecule has 0 atom stereocenters. The lowest BCUT2D eigenvalue weighted by molar-refractivity contribution is 0.251. The third kappa shape index (κ3) is 4.21. The largest absolute Gasteiger partial charge is 0.494 e. The van der Waals surface area contributed by atoms with Crippen LogP contribution in [0.1, 0.15) is 24.6 Å². The number of H-pyrrole nitrogens is 1. The monoisotopic (exact) mass is 394 g/mol. The molecule has 0 aliphatic carbocycles. The van der Waals surface area contributed by atoms with Gasteiger partial charge in [-0.05, 0) is 57.2 Å². The van der Waals surface area contributed by atoms with Crippen molar-refractivity contribution in [1.82, 2.24) is 19.9 Å². The number of benzene rings is 1. The molecule has 3 aromatic rings. The van der Waals surface area contributed by atoms with Gasteiger partial charge in [-0.2, -0.15) is 0 Å². The van der Waals surface area contributed by atoms with Gasteiger partial charge in [0.15, 0.2) is 11.6 Å². The van der Waals surface area contributed by atoms with Crippen LogP contribution in [0.3, 0.4) is 0 Å². The van der Waals surface area contributed by atoms with Crippen LogP contribution in [0.15, 0.2) is 30.5 Å². The molecule has 146 valence electrons. The molecule has 0 radical (unpaired) electrons. The van der Waals surface area contributed by atoms with Crippen LogP contribution in [0.4, 0.5) is 4.39 Å². The van der Waals surface area contributed by atoms with Crippen molar-refractivity contribution in [2.24, 2.45) is 0 Å². The molecule has 3 N–H and O–H groups in total. The van der Waals surface area contributed by atoms with Crippen LogP contribution in [0.2, 0.25) is 0 Å². The molecule has 2 aromatic heterocycles. The Morgan fingerprint density at radius 3 is 2.63 bits per heavy atom. The fourth-order valence-corrected chi connectivity index (χ4v) is 3.39. The summed E-state index contributed by atoms with van der Waals surface area (Å²) in [5, 5.41) is 0. The summed E-state index contributed by atoms with van der Waals surface area (Å²) in [5.41, 5.74) is 3.32. The van der Waals surface area contributed by atoms with Crippen LogP contribution in [-0.2, 0) is 0 Å². The van der Waals surface area contributed by atoms with Gasteiger partial charge in [-0.25, -0.2) is 14.4 Å². The summed E-state index contributed by atoms with van der Waals surface area (Å²) in [5.74, 6) is 1.19. The second-order valence-corrected chi connectivity index (χ2v) is 6.64. The Morgan fingerprint density at radius 1 is 1.22 bits per heavy atom. The van der Waals surface area contributed by atoms with E-state index in [1.54, 1.807) is 6.07 Å². The highest BCUT2D eigenvalue weighted by Crippen LogP contribution is 2.29. The predicted molar refractivity (Wildman–Crippen MR) is 106 cm³/mol. The maximum Gasteiger partial charge on any atom is 0.165 e. The van der Waals surface area contributed by atoms with E-state index in [4.69, 9.17) is 9.72 Å². The van der Waals surface area contributed by atoms with Gasteiger partial charge < -0.3 is 20.1 Å². The Balaban J connectivity index is 0.00000131. The first-order chi connectivity index (χ1) is 12.1. The number of piperidine rings is 1. The molecule has 8 heteroatoms. The van der Waals surface area contributed by atoms with E-state index in [1.807, 2.05) is 18.3 Å². The van der Waals surface area contributed by atoms with Gasteiger partial charge in [0.25, 0.3) is 0 Å². The Hall–Kier alpha value is -2.22. The number of ether oxygens (including phenoxy) is 1. The summed E-state index contributed by atoms with van der Waals surface area (Å²) in [6.07, 6.45) is 4.01. The number of methoxy groups -OCH3 is 1. The third-order valence-electron chi connectivity index (χ3n) is 4.93. The Kier molecular flexibility index (Phi) is 6.75. The fraction of sp³-hybridized carbons (Fsp3) is 0.368. The quantitative estimate of drug-likeness (QED) is 0.739. The zero-order valence-electron chi connectivity index (χ0n) is 15.3. The zero-order chi connectivity index (χ0) is 17.4. The van der Waals surface area contributed by atoms with Gasteiger partial charge in [0, 0.05) is 17.2 Å². The van der Waals surface area contributed by atoms with Crippen molar-refractivity contribution in [3.63, 3.8) is 0 Å². The van der Waals surface area contributed by atoms with Crippen molar-refractivity contribution in [2.45, 2.75) is 18.8 Å². The average molecular weight is 395 g/mol. The highest BCUT2D eigenvalue weighted by molar-refractivity contribution is 5.85. The number of aromatic amines is 1. The minimum Gasteiger partial charge on any atom is -0.494 e. The zero-order valence-corrected chi connectivity index (χ0v) is 16.1. The van der Waals surface area contributed by atoms with Crippen LogP contribution >= 0.6 is 12.4 Å². The predicted octanol–water partition coefficient (Wildman–Crippen LogP) is 3.18. The van der Waals surface area contributed by atoms with Crippen LogP contribution in [0, 0.1) is 5.82 Å². The maximum absolute atomic E-state index is 14.0. The van der Waals surface area contributed by atoms with Gasteiger partial charge in [0.05, 0.1) is 24.3 Å². The van der Waals surface area contributed by atoms with Crippen LogP contribution in [-0.4, -0.2) is 52.6 Å².